The van der Waals surface area contributed by atoms with Gasteiger partial charge in [-0.1, -0.05) is 11.8 Å². The molecule has 0 amide bonds. The van der Waals surface area contributed by atoms with Crippen molar-refractivity contribution in [3.05, 3.63) is 0 Å². The standard InChI is InChI=1S/C21H43N2O3PS/c1-17(2)23(18(3)4)27-26-16-25-14-15-28-19(24)10-13-22-20(5,6)11-9-12-21(22,7)8/h17-18,27H,9-16H2,1-8H3. The molecule has 0 aliphatic carbocycles. The van der Waals surface area contributed by atoms with Crippen molar-refractivity contribution in [3.8, 4) is 0 Å². The number of likely N-dealkylation sites (tertiary alicyclic amines) is 1. The molecule has 0 radical (unpaired) electrons. The quantitative estimate of drug-likeness (QED) is 0.236. The van der Waals surface area contributed by atoms with Crippen LogP contribution in [-0.4, -0.2) is 63.5 Å². The molecule has 0 aromatic rings. The number of hydrogen-bond acceptors (Lipinski definition) is 6. The van der Waals surface area contributed by atoms with Crippen LogP contribution >= 0.6 is 20.7 Å². The molecule has 0 aromatic carbocycles. The first kappa shape index (κ1) is 26.3. The molecule has 1 atom stereocenters. The Morgan fingerprint density at radius 3 is 2.21 bits per heavy atom. The highest BCUT2D eigenvalue weighted by Crippen LogP contribution is 2.38. The van der Waals surface area contributed by atoms with Crippen LogP contribution in [0, 0.1) is 0 Å². The van der Waals surface area contributed by atoms with Gasteiger partial charge in [0, 0.05) is 41.9 Å². The molecular weight excluding hydrogens is 391 g/mol. The maximum absolute atomic E-state index is 12.3. The lowest BCUT2D eigenvalue weighted by Gasteiger charge is -2.53. The third kappa shape index (κ3) is 8.97. The molecule has 1 aliphatic heterocycles. The van der Waals surface area contributed by atoms with Gasteiger partial charge in [-0.15, -0.1) is 0 Å². The lowest BCUT2D eigenvalue weighted by Crippen LogP contribution is -2.58. The second-order valence-corrected chi connectivity index (χ2v) is 11.6. The minimum absolute atomic E-state index is 0.174. The number of carbonyl (C=O) groups is 1. The maximum Gasteiger partial charge on any atom is 0.190 e. The first-order valence-electron chi connectivity index (χ1n) is 10.6. The van der Waals surface area contributed by atoms with Crippen LogP contribution in [0.3, 0.4) is 0 Å². The SMILES string of the molecule is CC(C)N(POCOCCSC(=O)CCN1C(C)(C)CCCC1(C)C)C(C)C. The topological polar surface area (TPSA) is 42.0 Å². The molecule has 28 heavy (non-hydrogen) atoms. The predicted molar refractivity (Wildman–Crippen MR) is 123 cm³/mol. The van der Waals surface area contributed by atoms with Crippen LogP contribution in [0.2, 0.25) is 0 Å². The molecule has 7 heteroatoms. The molecule has 5 nitrogen and oxygen atoms in total. The van der Waals surface area contributed by atoms with Gasteiger partial charge in [0.05, 0.1) is 15.6 Å². The normalized spacial score (nSPS) is 20.1. The number of piperidine rings is 1. The van der Waals surface area contributed by atoms with Crippen molar-refractivity contribution in [2.24, 2.45) is 0 Å². The molecule has 1 saturated heterocycles. The Labute approximate surface area is 179 Å². The highest BCUT2D eigenvalue weighted by Gasteiger charge is 2.40. The van der Waals surface area contributed by atoms with E-state index in [0.717, 1.165) is 6.54 Å². The molecule has 0 aromatic heterocycles. The second kappa shape index (κ2) is 12.2. The van der Waals surface area contributed by atoms with Gasteiger partial charge in [0.1, 0.15) is 0 Å². The molecular formula is C21H43N2O3PS. The third-order valence-electron chi connectivity index (χ3n) is 5.49. The molecule has 1 rings (SSSR count). The Morgan fingerprint density at radius 2 is 1.68 bits per heavy atom. The van der Waals surface area contributed by atoms with E-state index in [1.165, 1.54) is 31.0 Å². The molecule has 1 unspecified atom stereocenters. The van der Waals surface area contributed by atoms with E-state index < -0.39 is 0 Å². The molecule has 1 heterocycles. The van der Waals surface area contributed by atoms with Gasteiger partial charge < -0.3 is 9.26 Å². The summed E-state index contributed by atoms with van der Waals surface area (Å²) in [5.41, 5.74) is 0.349. The summed E-state index contributed by atoms with van der Waals surface area (Å²) in [4.78, 5) is 14.8. The van der Waals surface area contributed by atoms with Gasteiger partial charge in [-0.2, -0.15) is 0 Å². The molecule has 0 spiro atoms. The van der Waals surface area contributed by atoms with Gasteiger partial charge in [-0.3, -0.25) is 14.4 Å². The first-order chi connectivity index (χ1) is 13.0. The van der Waals surface area contributed by atoms with Gasteiger partial charge in [0.2, 0.25) is 0 Å². The van der Waals surface area contributed by atoms with E-state index >= 15 is 0 Å². The van der Waals surface area contributed by atoms with E-state index in [1.54, 1.807) is 0 Å². The minimum atomic E-state index is 0.174. The van der Waals surface area contributed by atoms with Crippen molar-refractivity contribution in [3.63, 3.8) is 0 Å². The van der Waals surface area contributed by atoms with Crippen LogP contribution in [0.25, 0.3) is 0 Å². The summed E-state index contributed by atoms with van der Waals surface area (Å²) in [7, 11) is 0.311. The van der Waals surface area contributed by atoms with Crippen molar-refractivity contribution in [2.45, 2.75) is 104 Å². The molecule has 0 bridgehead atoms. The fraction of sp³-hybridized carbons (Fsp3) is 0.952. The van der Waals surface area contributed by atoms with E-state index in [-0.39, 0.29) is 16.2 Å². The van der Waals surface area contributed by atoms with Crippen molar-refractivity contribution < 1.29 is 14.1 Å². The van der Waals surface area contributed by atoms with Gasteiger partial charge in [0.15, 0.2) is 11.9 Å². The van der Waals surface area contributed by atoms with Crippen LogP contribution < -0.4 is 0 Å². The van der Waals surface area contributed by atoms with Crippen LogP contribution in [0.5, 0.6) is 0 Å². The lowest BCUT2D eigenvalue weighted by atomic mass is 9.80. The zero-order chi connectivity index (χ0) is 21.4. The van der Waals surface area contributed by atoms with Crippen molar-refractivity contribution in [1.82, 2.24) is 9.57 Å². The van der Waals surface area contributed by atoms with E-state index in [1.807, 2.05) is 0 Å². The highest BCUT2D eigenvalue weighted by molar-refractivity contribution is 8.13. The number of thioether (sulfide) groups is 1. The summed E-state index contributed by atoms with van der Waals surface area (Å²) < 4.78 is 13.5. The summed E-state index contributed by atoms with van der Waals surface area (Å²) in [5.74, 6) is 0.691. The Bertz CT molecular complexity index is 449. The van der Waals surface area contributed by atoms with Crippen molar-refractivity contribution in [1.29, 1.82) is 0 Å². The van der Waals surface area contributed by atoms with Crippen molar-refractivity contribution >= 4 is 25.8 Å². The summed E-state index contributed by atoms with van der Waals surface area (Å²) in [6.45, 7) is 19.6. The molecule has 1 fully saturated rings. The zero-order valence-corrected chi connectivity index (χ0v) is 21.2. The van der Waals surface area contributed by atoms with E-state index in [4.69, 9.17) is 9.26 Å². The average Bonchev–Trinajstić information content (AvgIpc) is 2.54. The molecule has 1 aliphatic rings. The summed E-state index contributed by atoms with van der Waals surface area (Å²) in [6, 6.07) is 0.919. The van der Waals surface area contributed by atoms with Gasteiger partial charge in [-0.25, -0.2) is 0 Å². The first-order valence-corrected chi connectivity index (χ1v) is 12.5. The highest BCUT2D eigenvalue weighted by atomic mass is 32.2. The fourth-order valence-electron chi connectivity index (χ4n) is 4.15. The van der Waals surface area contributed by atoms with Gasteiger partial charge in [-0.05, 0) is 74.7 Å². The van der Waals surface area contributed by atoms with E-state index in [9.17, 15) is 4.79 Å². The van der Waals surface area contributed by atoms with Crippen LogP contribution in [0.4, 0.5) is 0 Å². The number of ether oxygens (including phenoxy) is 1. The largest absolute Gasteiger partial charge is 0.354 e. The fourth-order valence-corrected chi connectivity index (χ4v) is 5.52. The maximum atomic E-state index is 12.3. The smallest absolute Gasteiger partial charge is 0.190 e. The second-order valence-electron chi connectivity index (χ2n) is 9.46. The van der Waals surface area contributed by atoms with Gasteiger partial charge in [0.25, 0.3) is 0 Å². The Balaban J connectivity index is 2.17. The summed E-state index contributed by atoms with van der Waals surface area (Å²) in [5, 5.41) is 0.259. The zero-order valence-electron chi connectivity index (χ0n) is 19.3. The molecule has 0 N–H and O–H groups in total. The Kier molecular flexibility index (Phi) is 11.5. The van der Waals surface area contributed by atoms with Gasteiger partial charge >= 0.3 is 0 Å². The minimum Gasteiger partial charge on any atom is -0.354 e. The predicted octanol–water partition coefficient (Wildman–Crippen LogP) is 5.30. The monoisotopic (exact) mass is 434 g/mol. The number of carbonyl (C=O) groups excluding carboxylic acids is 1. The van der Waals surface area contributed by atoms with E-state index in [0.29, 0.717) is 46.6 Å². The number of hydrogen-bond donors (Lipinski definition) is 0. The van der Waals surface area contributed by atoms with Crippen molar-refractivity contribution in [2.75, 3.05) is 25.7 Å². The number of nitrogens with zero attached hydrogens (tertiary/aromatic N) is 2. The average molecular weight is 435 g/mol. The Morgan fingerprint density at radius 1 is 1.11 bits per heavy atom. The number of rotatable bonds is 12. The van der Waals surface area contributed by atoms with Crippen LogP contribution in [-0.2, 0) is 14.1 Å². The summed E-state index contributed by atoms with van der Waals surface area (Å²) in [6.07, 6.45) is 4.28. The lowest BCUT2D eigenvalue weighted by molar-refractivity contribution is -0.112. The summed E-state index contributed by atoms with van der Waals surface area (Å²) >= 11 is 1.39. The van der Waals surface area contributed by atoms with Crippen LogP contribution in [0.1, 0.15) is 81.1 Å². The Hall–Kier alpha value is 0.290. The third-order valence-corrected chi connectivity index (χ3v) is 7.88. The van der Waals surface area contributed by atoms with Crippen LogP contribution in [0.15, 0.2) is 0 Å². The molecule has 166 valence electrons. The molecule has 0 saturated carbocycles. The van der Waals surface area contributed by atoms with E-state index in [2.05, 4.69) is 65.0 Å².